The van der Waals surface area contributed by atoms with E-state index in [1.807, 2.05) is 0 Å². The van der Waals surface area contributed by atoms with Crippen molar-refractivity contribution in [1.82, 2.24) is 0 Å². The van der Waals surface area contributed by atoms with Crippen LogP contribution in [-0.2, 0) is 9.47 Å². The van der Waals surface area contributed by atoms with Crippen LogP contribution in [0.2, 0.25) is 0 Å². The molecule has 6 aliphatic carbocycles. The first-order valence-corrected chi connectivity index (χ1v) is 14.4. The molecule has 0 aromatic rings. The van der Waals surface area contributed by atoms with E-state index in [-0.39, 0.29) is 5.79 Å². The smallest absolute Gasteiger partial charge is 0.171 e. The third-order valence-corrected chi connectivity index (χ3v) is 14.1. The van der Waals surface area contributed by atoms with Gasteiger partial charge in [0.15, 0.2) is 5.79 Å². The molecule has 1 heterocycles. The van der Waals surface area contributed by atoms with Crippen LogP contribution in [0.4, 0.5) is 0 Å². The summed E-state index contributed by atoms with van der Waals surface area (Å²) in [6.07, 6.45) is 13.0. The van der Waals surface area contributed by atoms with E-state index in [2.05, 4.69) is 36.7 Å². The lowest BCUT2D eigenvalue weighted by Gasteiger charge is -2.84. The average molecular weight is 478 g/mol. The summed E-state index contributed by atoms with van der Waals surface area (Å²) < 4.78 is 12.8. The topological polar surface area (TPSA) is 18.5 Å². The van der Waals surface area contributed by atoms with Crippen LogP contribution < -0.4 is 0 Å². The third-order valence-electron chi connectivity index (χ3n) is 13.1. The van der Waals surface area contributed by atoms with Crippen molar-refractivity contribution in [3.63, 3.8) is 0 Å². The van der Waals surface area contributed by atoms with Crippen LogP contribution >= 0.6 is 15.9 Å². The van der Waals surface area contributed by atoms with E-state index in [0.717, 1.165) is 54.6 Å². The van der Waals surface area contributed by atoms with Gasteiger partial charge in [0.25, 0.3) is 0 Å². The fourth-order valence-corrected chi connectivity index (χ4v) is 12.7. The zero-order chi connectivity index (χ0) is 20.5. The lowest BCUT2D eigenvalue weighted by molar-refractivity contribution is -0.412. The summed E-state index contributed by atoms with van der Waals surface area (Å²) in [5.41, 5.74) is 1.73. The van der Waals surface area contributed by atoms with E-state index >= 15 is 0 Å². The van der Waals surface area contributed by atoms with Gasteiger partial charge in [0.05, 0.1) is 13.2 Å². The summed E-state index contributed by atoms with van der Waals surface area (Å²) >= 11 is 3.83. The van der Waals surface area contributed by atoms with Crippen molar-refractivity contribution in [3.05, 3.63) is 0 Å². The van der Waals surface area contributed by atoms with Gasteiger partial charge in [0.2, 0.25) is 0 Å². The predicted octanol–water partition coefficient (Wildman–Crippen LogP) is 6.67. The summed E-state index contributed by atoms with van der Waals surface area (Å²) in [6, 6.07) is 0. The maximum atomic E-state index is 6.42. The van der Waals surface area contributed by atoms with Crippen molar-refractivity contribution in [2.45, 2.75) is 84.3 Å². The first-order valence-electron chi connectivity index (χ1n) is 13.2. The largest absolute Gasteiger partial charge is 0.347 e. The summed E-state index contributed by atoms with van der Waals surface area (Å²) in [5, 5.41) is 1.18. The maximum Gasteiger partial charge on any atom is 0.171 e. The molecule has 2 nitrogen and oxygen atoms in total. The van der Waals surface area contributed by atoms with E-state index in [1.54, 1.807) is 6.42 Å². The van der Waals surface area contributed by atoms with E-state index in [0.29, 0.717) is 22.2 Å². The molecule has 2 spiro atoms. The first-order chi connectivity index (χ1) is 14.4. The molecule has 6 unspecified atom stereocenters. The fourth-order valence-electron chi connectivity index (χ4n) is 12.2. The molecular formula is C27H41BrO2. The molecule has 30 heavy (non-hydrogen) atoms. The highest BCUT2D eigenvalue weighted by atomic mass is 79.9. The quantitative estimate of drug-likeness (QED) is 0.414. The fraction of sp³-hybridized carbons (Fsp3) is 1.00. The van der Waals surface area contributed by atoms with Gasteiger partial charge < -0.3 is 9.47 Å². The molecule has 3 heteroatoms. The molecule has 0 aromatic carbocycles. The molecule has 7 fully saturated rings. The Morgan fingerprint density at radius 3 is 2.40 bits per heavy atom. The highest BCUT2D eigenvalue weighted by Crippen LogP contribution is 2.86. The van der Waals surface area contributed by atoms with Crippen molar-refractivity contribution in [3.8, 4) is 0 Å². The molecule has 11 atom stereocenters. The number of alkyl halides is 1. The number of ether oxygens (including phenoxy) is 2. The Hall–Kier alpha value is 0.400. The van der Waals surface area contributed by atoms with Crippen molar-refractivity contribution in [1.29, 1.82) is 0 Å². The molecule has 6 saturated carbocycles. The monoisotopic (exact) mass is 476 g/mol. The summed E-state index contributed by atoms with van der Waals surface area (Å²) in [4.78, 5) is 0. The second-order valence-electron chi connectivity index (χ2n) is 13.2. The van der Waals surface area contributed by atoms with Crippen LogP contribution in [0.5, 0.6) is 0 Å². The summed E-state index contributed by atoms with van der Waals surface area (Å²) in [6.45, 7) is 9.65. The normalized spacial score (nSPS) is 60.6. The van der Waals surface area contributed by atoms with Gasteiger partial charge >= 0.3 is 0 Å². The van der Waals surface area contributed by atoms with E-state index in [1.165, 1.54) is 56.7 Å². The van der Waals surface area contributed by atoms with Gasteiger partial charge in [0, 0.05) is 17.7 Å². The minimum Gasteiger partial charge on any atom is -0.347 e. The third kappa shape index (κ3) is 1.96. The lowest BCUT2D eigenvalue weighted by atomic mass is 9.21. The zero-order valence-corrected chi connectivity index (χ0v) is 20.9. The van der Waals surface area contributed by atoms with Crippen molar-refractivity contribution < 1.29 is 9.47 Å². The molecule has 0 radical (unpaired) electrons. The van der Waals surface area contributed by atoms with Crippen molar-refractivity contribution in [2.24, 2.45) is 63.6 Å². The van der Waals surface area contributed by atoms with Gasteiger partial charge in [-0.3, -0.25) is 0 Å². The molecule has 0 N–H and O–H groups in total. The van der Waals surface area contributed by atoms with Crippen LogP contribution in [0, 0.1) is 63.6 Å². The molecule has 0 aromatic heterocycles. The van der Waals surface area contributed by atoms with Gasteiger partial charge in [-0.05, 0) is 109 Å². The number of rotatable bonds is 2. The molecule has 168 valence electrons. The van der Waals surface area contributed by atoms with Gasteiger partial charge in [-0.2, -0.15) is 0 Å². The van der Waals surface area contributed by atoms with Crippen molar-refractivity contribution in [2.75, 3.05) is 18.5 Å². The minimum absolute atomic E-state index is 0.186. The van der Waals surface area contributed by atoms with Crippen LogP contribution in [-0.4, -0.2) is 24.3 Å². The van der Waals surface area contributed by atoms with Crippen LogP contribution in [0.25, 0.3) is 0 Å². The van der Waals surface area contributed by atoms with Crippen LogP contribution in [0.1, 0.15) is 78.6 Å². The SMILES string of the molecule is C[C@H](CBr)C1CCC2C3CC4CC5C[C@H]6C7(CC[C@](C)(C3CC[C@@]21C)[C@]456)OCCO7. The van der Waals surface area contributed by atoms with E-state index in [4.69, 9.17) is 9.47 Å². The Labute approximate surface area is 191 Å². The standard InChI is InChI=1S/C27H41BrO2/c1-16(15-28)20-4-5-21-19-13-17-12-18-14-23-26(29-10-11-30-26)9-8-25(3,27(17,18)23)22(19)6-7-24(20,21)2/h16-23H,4-15H2,1-3H3/t16-,17?,18?,19?,20?,21?,22?,23+,24-,25-,27-/m1/s1. The molecule has 0 bridgehead atoms. The summed E-state index contributed by atoms with van der Waals surface area (Å²) in [7, 11) is 0. The molecular weight excluding hydrogens is 436 g/mol. The number of fused-ring (bicyclic) bond motifs is 5. The van der Waals surface area contributed by atoms with Gasteiger partial charge in [0.1, 0.15) is 0 Å². The Morgan fingerprint density at radius 2 is 1.67 bits per heavy atom. The molecule has 0 amide bonds. The highest BCUT2D eigenvalue weighted by Gasteiger charge is 2.83. The molecule has 7 aliphatic rings. The molecule has 7 rings (SSSR count). The number of hydrogen-bond donors (Lipinski definition) is 0. The van der Waals surface area contributed by atoms with Crippen LogP contribution in [0.3, 0.4) is 0 Å². The first kappa shape index (κ1) is 19.8. The van der Waals surface area contributed by atoms with E-state index in [9.17, 15) is 0 Å². The average Bonchev–Trinajstić information content (AvgIpc) is 3.33. The summed E-state index contributed by atoms with van der Waals surface area (Å²) in [5.74, 6) is 7.19. The van der Waals surface area contributed by atoms with Gasteiger partial charge in [-0.1, -0.05) is 36.7 Å². The Bertz CT molecular complexity index is 747. The Morgan fingerprint density at radius 1 is 0.900 bits per heavy atom. The predicted molar refractivity (Wildman–Crippen MR) is 122 cm³/mol. The Balaban J connectivity index is 1.25. The lowest BCUT2D eigenvalue weighted by Crippen LogP contribution is -2.80. The molecule has 1 aliphatic heterocycles. The molecule has 1 saturated heterocycles. The Kier molecular flexibility index (Phi) is 4.03. The van der Waals surface area contributed by atoms with Gasteiger partial charge in [-0.15, -0.1) is 0 Å². The second kappa shape index (κ2) is 6.09. The zero-order valence-electron chi connectivity index (χ0n) is 19.3. The number of halogens is 1. The number of hydrogen-bond acceptors (Lipinski definition) is 2. The van der Waals surface area contributed by atoms with Crippen LogP contribution in [0.15, 0.2) is 0 Å². The van der Waals surface area contributed by atoms with Crippen molar-refractivity contribution >= 4 is 15.9 Å². The van der Waals surface area contributed by atoms with E-state index < -0.39 is 0 Å². The highest BCUT2D eigenvalue weighted by molar-refractivity contribution is 9.09. The van der Waals surface area contributed by atoms with Gasteiger partial charge in [-0.25, -0.2) is 0 Å². The minimum atomic E-state index is -0.186. The maximum absolute atomic E-state index is 6.42. The second-order valence-corrected chi connectivity index (χ2v) is 13.9.